The lowest BCUT2D eigenvalue weighted by Gasteiger charge is -2.30. The molecular formula is C14H23N3O5S. The third kappa shape index (κ3) is 4.30. The molecule has 1 aliphatic rings. The van der Waals surface area contributed by atoms with Gasteiger partial charge in [0.1, 0.15) is 6.04 Å². The fraction of sp³-hybridized carbons (Fsp3) is 0.714. The summed E-state index contributed by atoms with van der Waals surface area (Å²) in [6.45, 7) is 4.16. The summed E-state index contributed by atoms with van der Waals surface area (Å²) >= 11 is 0. The lowest BCUT2D eigenvalue weighted by Crippen LogP contribution is -2.52. The molecular weight excluding hydrogens is 322 g/mol. The Balaban J connectivity index is 2.07. The maximum absolute atomic E-state index is 12.3. The average molecular weight is 345 g/mol. The summed E-state index contributed by atoms with van der Waals surface area (Å²) in [6, 6.07) is 0.817. The molecule has 23 heavy (non-hydrogen) atoms. The molecule has 1 aromatic rings. The fourth-order valence-electron chi connectivity index (χ4n) is 2.54. The van der Waals surface area contributed by atoms with Crippen LogP contribution >= 0.6 is 0 Å². The summed E-state index contributed by atoms with van der Waals surface area (Å²) in [6.07, 6.45) is 0. The van der Waals surface area contributed by atoms with Gasteiger partial charge in [0.15, 0.2) is 9.84 Å². The molecule has 9 heteroatoms. The molecule has 1 aromatic heterocycles. The molecule has 1 aliphatic heterocycles. The van der Waals surface area contributed by atoms with Crippen molar-refractivity contribution in [3.8, 4) is 0 Å². The first-order chi connectivity index (χ1) is 10.7. The van der Waals surface area contributed by atoms with Crippen molar-refractivity contribution < 1.29 is 22.8 Å². The van der Waals surface area contributed by atoms with Crippen molar-refractivity contribution in [3.63, 3.8) is 0 Å². The molecule has 130 valence electrons. The Bertz CT molecular complexity index is 655. The van der Waals surface area contributed by atoms with Crippen LogP contribution in [0.2, 0.25) is 0 Å². The van der Waals surface area contributed by atoms with Crippen LogP contribution in [0.3, 0.4) is 0 Å². The summed E-state index contributed by atoms with van der Waals surface area (Å²) < 4.78 is 28.5. The van der Waals surface area contributed by atoms with Crippen molar-refractivity contribution in [2.45, 2.75) is 25.8 Å². The highest BCUT2D eigenvalue weighted by molar-refractivity contribution is 7.91. The first-order valence-corrected chi connectivity index (χ1v) is 9.34. The van der Waals surface area contributed by atoms with E-state index in [4.69, 9.17) is 4.52 Å². The van der Waals surface area contributed by atoms with Crippen LogP contribution in [0.5, 0.6) is 0 Å². The number of nitrogens with zero attached hydrogens (tertiary/aromatic N) is 2. The van der Waals surface area contributed by atoms with Crippen LogP contribution in [0.4, 0.5) is 5.88 Å². The number of amides is 1. The molecule has 1 amide bonds. The minimum absolute atomic E-state index is 0.0618. The number of rotatable bonds is 5. The van der Waals surface area contributed by atoms with E-state index in [1.165, 1.54) is 0 Å². The largest absolute Gasteiger partial charge is 0.396 e. The Morgan fingerprint density at radius 2 is 2.26 bits per heavy atom. The molecule has 2 N–H and O–H groups in total. The topological polar surface area (TPSA) is 113 Å². The highest BCUT2D eigenvalue weighted by atomic mass is 32.2. The lowest BCUT2D eigenvalue weighted by molar-refractivity contribution is -0.120. The molecule has 2 heterocycles. The molecule has 8 nitrogen and oxygen atoms in total. The van der Waals surface area contributed by atoms with Crippen molar-refractivity contribution in [2.24, 2.45) is 5.92 Å². The number of likely N-dealkylation sites (N-methyl/N-ethyl adjacent to an activating group) is 1. The second kappa shape index (κ2) is 6.98. The molecule has 1 saturated heterocycles. The van der Waals surface area contributed by atoms with Crippen LogP contribution < -0.4 is 5.32 Å². The predicted molar refractivity (Wildman–Crippen MR) is 84.9 cm³/mol. The number of nitrogens with one attached hydrogen (secondary N) is 1. The zero-order chi connectivity index (χ0) is 17.2. The number of aromatic nitrogens is 1. The summed E-state index contributed by atoms with van der Waals surface area (Å²) in [7, 11) is -1.49. The summed E-state index contributed by atoms with van der Waals surface area (Å²) in [5.74, 6) is -0.442. The van der Waals surface area contributed by atoms with Crippen LogP contribution in [0, 0.1) is 5.92 Å². The number of carbonyl (C=O) groups excluding carboxylic acids is 1. The summed E-state index contributed by atoms with van der Waals surface area (Å²) in [5, 5.41) is 15.8. The Hall–Kier alpha value is -1.45. The van der Waals surface area contributed by atoms with Crippen molar-refractivity contribution in [1.29, 1.82) is 0 Å². The molecule has 0 aromatic carbocycles. The maximum Gasteiger partial charge on any atom is 0.245 e. The normalized spacial score (nSPS) is 22.9. The van der Waals surface area contributed by atoms with E-state index in [0.29, 0.717) is 12.2 Å². The molecule has 1 fully saturated rings. The van der Waals surface area contributed by atoms with Crippen LogP contribution in [0.1, 0.15) is 25.5 Å². The molecule has 2 unspecified atom stereocenters. The van der Waals surface area contributed by atoms with Crippen LogP contribution in [-0.2, 0) is 14.6 Å². The Labute approximate surface area is 135 Å². The lowest BCUT2D eigenvalue weighted by atomic mass is 9.93. The van der Waals surface area contributed by atoms with Gasteiger partial charge in [0.2, 0.25) is 11.8 Å². The second-order valence-electron chi connectivity index (χ2n) is 6.25. The minimum Gasteiger partial charge on any atom is -0.396 e. The van der Waals surface area contributed by atoms with Gasteiger partial charge in [0, 0.05) is 18.5 Å². The molecule has 0 radical (unpaired) electrons. The van der Waals surface area contributed by atoms with Crippen molar-refractivity contribution in [3.05, 3.63) is 11.8 Å². The van der Waals surface area contributed by atoms with E-state index in [-0.39, 0.29) is 35.8 Å². The number of hydrogen-bond acceptors (Lipinski definition) is 7. The molecule has 0 bridgehead atoms. The highest BCUT2D eigenvalue weighted by Gasteiger charge is 2.34. The van der Waals surface area contributed by atoms with Crippen LogP contribution in [0.15, 0.2) is 10.6 Å². The molecule has 0 saturated carbocycles. The van der Waals surface area contributed by atoms with E-state index in [1.807, 2.05) is 13.8 Å². The van der Waals surface area contributed by atoms with Gasteiger partial charge in [-0.2, -0.15) is 0 Å². The first-order valence-electron chi connectivity index (χ1n) is 7.52. The van der Waals surface area contributed by atoms with E-state index in [0.717, 1.165) is 0 Å². The summed E-state index contributed by atoms with van der Waals surface area (Å²) in [5.41, 5.74) is 0.558. The van der Waals surface area contributed by atoms with Gasteiger partial charge in [-0.25, -0.2) is 8.42 Å². The highest BCUT2D eigenvalue weighted by Crippen LogP contribution is 2.25. The van der Waals surface area contributed by atoms with Gasteiger partial charge in [-0.1, -0.05) is 19.0 Å². The summed E-state index contributed by atoms with van der Waals surface area (Å²) in [4.78, 5) is 14.0. The number of hydrogen-bond donors (Lipinski definition) is 2. The van der Waals surface area contributed by atoms with Crippen molar-refractivity contribution in [1.82, 2.24) is 10.1 Å². The number of sulfone groups is 1. The second-order valence-corrected chi connectivity index (χ2v) is 8.48. The third-order valence-corrected chi connectivity index (χ3v) is 5.79. The van der Waals surface area contributed by atoms with E-state index in [1.54, 1.807) is 18.0 Å². The minimum atomic E-state index is -3.21. The predicted octanol–water partition coefficient (Wildman–Crippen LogP) is 0.0738. The maximum atomic E-state index is 12.3. The first kappa shape index (κ1) is 17.9. The Kier molecular flexibility index (Phi) is 5.43. The van der Waals surface area contributed by atoms with E-state index < -0.39 is 21.8 Å². The Morgan fingerprint density at radius 3 is 2.87 bits per heavy atom. The number of carbonyl (C=O) groups is 1. The molecule has 2 rings (SSSR count). The number of aliphatic hydroxyl groups is 1. The van der Waals surface area contributed by atoms with E-state index in [9.17, 15) is 18.3 Å². The molecule has 0 aliphatic carbocycles. The number of anilines is 1. The van der Waals surface area contributed by atoms with Gasteiger partial charge in [-0.3, -0.25) is 15.0 Å². The van der Waals surface area contributed by atoms with Gasteiger partial charge < -0.3 is 9.63 Å². The fourth-order valence-corrected chi connectivity index (χ4v) is 4.16. The molecule has 2 atom stereocenters. The van der Waals surface area contributed by atoms with Crippen molar-refractivity contribution in [2.75, 3.05) is 37.0 Å². The molecule has 0 spiro atoms. The van der Waals surface area contributed by atoms with Gasteiger partial charge in [0.05, 0.1) is 23.8 Å². The average Bonchev–Trinajstić information content (AvgIpc) is 2.90. The number of aliphatic hydroxyl groups excluding tert-OH is 1. The van der Waals surface area contributed by atoms with E-state index >= 15 is 0 Å². The van der Waals surface area contributed by atoms with Gasteiger partial charge in [-0.05, 0) is 13.0 Å². The zero-order valence-corrected chi connectivity index (χ0v) is 14.3. The van der Waals surface area contributed by atoms with Crippen LogP contribution in [-0.4, -0.2) is 67.2 Å². The van der Waals surface area contributed by atoms with E-state index in [2.05, 4.69) is 10.5 Å². The van der Waals surface area contributed by atoms with Gasteiger partial charge in [-0.15, -0.1) is 0 Å². The third-order valence-electron chi connectivity index (χ3n) is 4.16. The smallest absolute Gasteiger partial charge is 0.245 e. The zero-order valence-electron chi connectivity index (χ0n) is 13.5. The van der Waals surface area contributed by atoms with Crippen LogP contribution in [0.25, 0.3) is 0 Å². The quantitative estimate of drug-likeness (QED) is 0.776. The standard InChI is InChI=1S/C14H23N3O5S/c1-9(2)10(7-18)11-6-13(22-16-11)15-14(19)12-8-23(20,21)5-4-17(12)3/h6,9-10,12,18H,4-5,7-8H2,1-3H3,(H,15,19). The van der Waals surface area contributed by atoms with Crippen molar-refractivity contribution >= 4 is 21.6 Å². The van der Waals surface area contributed by atoms with Gasteiger partial charge in [0.25, 0.3) is 0 Å². The monoisotopic (exact) mass is 345 g/mol. The Morgan fingerprint density at radius 1 is 1.57 bits per heavy atom. The van der Waals surface area contributed by atoms with Gasteiger partial charge >= 0.3 is 0 Å². The SMILES string of the molecule is CC(C)C(CO)c1cc(NC(=O)C2CS(=O)(=O)CCN2C)on1.